The summed E-state index contributed by atoms with van der Waals surface area (Å²) in [6, 6.07) is 0. The Morgan fingerprint density at radius 3 is 2.72 bits per heavy atom. The molecule has 0 aromatic carbocycles. The summed E-state index contributed by atoms with van der Waals surface area (Å²) in [5.41, 5.74) is 0.707. The molecule has 8 heteroatoms. The van der Waals surface area contributed by atoms with E-state index in [1.165, 1.54) is 13.2 Å². The lowest BCUT2D eigenvalue weighted by Gasteiger charge is -2.15. The first-order valence-electron chi connectivity index (χ1n) is 5.08. The van der Waals surface area contributed by atoms with Crippen molar-refractivity contribution in [3.63, 3.8) is 0 Å². The fourth-order valence-corrected chi connectivity index (χ4v) is 2.53. The van der Waals surface area contributed by atoms with E-state index in [0.29, 0.717) is 5.57 Å². The van der Waals surface area contributed by atoms with Crippen LogP contribution in [0.1, 0.15) is 6.92 Å². The van der Waals surface area contributed by atoms with E-state index in [-0.39, 0.29) is 18.0 Å². The molecule has 0 radical (unpaired) electrons. The van der Waals surface area contributed by atoms with E-state index >= 15 is 0 Å². The van der Waals surface area contributed by atoms with Crippen LogP contribution in [0.15, 0.2) is 29.4 Å². The highest BCUT2D eigenvalue weighted by Crippen LogP contribution is 2.14. The maximum Gasteiger partial charge on any atom is 0.325 e. The predicted octanol–water partition coefficient (Wildman–Crippen LogP) is 0.164. The van der Waals surface area contributed by atoms with Crippen LogP contribution < -0.4 is 0 Å². The third-order valence-corrected chi connectivity index (χ3v) is 3.86. The van der Waals surface area contributed by atoms with Crippen LogP contribution in [-0.2, 0) is 21.4 Å². The highest BCUT2D eigenvalue weighted by atomic mass is 32.2. The molecule has 0 spiro atoms. The quantitative estimate of drug-likeness (QED) is 0.745. The van der Waals surface area contributed by atoms with Crippen LogP contribution in [0.5, 0.6) is 0 Å². The van der Waals surface area contributed by atoms with Gasteiger partial charge in [-0.05, 0) is 6.92 Å². The molecule has 0 aliphatic heterocycles. The van der Waals surface area contributed by atoms with Gasteiger partial charge in [0, 0.05) is 19.8 Å². The molecule has 100 valence electrons. The molecule has 0 atom stereocenters. The number of sulfonamides is 1. The van der Waals surface area contributed by atoms with Crippen LogP contribution in [0.25, 0.3) is 0 Å². The number of carbonyl (C=O) groups is 1. The molecule has 0 aliphatic rings. The van der Waals surface area contributed by atoms with Crippen LogP contribution in [-0.4, -0.2) is 47.2 Å². The van der Waals surface area contributed by atoms with Crippen LogP contribution in [0.3, 0.4) is 0 Å². The first kappa shape index (κ1) is 14.4. The van der Waals surface area contributed by atoms with E-state index in [2.05, 4.69) is 11.7 Å². The Bertz CT molecular complexity index is 561. The van der Waals surface area contributed by atoms with Gasteiger partial charge < -0.3 is 5.11 Å². The van der Waals surface area contributed by atoms with Crippen LogP contribution in [0.4, 0.5) is 0 Å². The van der Waals surface area contributed by atoms with Crippen molar-refractivity contribution in [3.05, 3.63) is 24.5 Å². The Hall–Kier alpha value is -1.67. The Kier molecular flexibility index (Phi) is 4.25. The lowest BCUT2D eigenvalue weighted by atomic mass is 10.4. The summed E-state index contributed by atoms with van der Waals surface area (Å²) in [5, 5.41) is 12.3. The van der Waals surface area contributed by atoms with E-state index in [0.717, 1.165) is 15.2 Å². The fraction of sp³-hybridized carbons (Fsp3) is 0.400. The molecule has 0 amide bonds. The van der Waals surface area contributed by atoms with Crippen molar-refractivity contribution < 1.29 is 18.3 Å². The number of aromatic nitrogens is 2. The fourth-order valence-electron chi connectivity index (χ4n) is 1.35. The van der Waals surface area contributed by atoms with Gasteiger partial charge in [-0.1, -0.05) is 12.2 Å². The van der Waals surface area contributed by atoms with E-state index in [9.17, 15) is 13.2 Å². The number of hydrogen-bond donors (Lipinski definition) is 1. The average Bonchev–Trinajstić information content (AvgIpc) is 2.64. The molecule has 0 unspecified atom stereocenters. The van der Waals surface area contributed by atoms with Gasteiger partial charge in [-0.25, -0.2) is 8.42 Å². The zero-order chi connectivity index (χ0) is 13.9. The maximum atomic E-state index is 12.1. The first-order valence-corrected chi connectivity index (χ1v) is 6.52. The van der Waals surface area contributed by atoms with E-state index < -0.39 is 16.0 Å². The molecule has 1 N–H and O–H groups in total. The van der Waals surface area contributed by atoms with Crippen molar-refractivity contribution in [2.45, 2.75) is 18.4 Å². The third-order valence-electron chi connectivity index (χ3n) is 2.11. The number of nitrogens with zero attached hydrogens (tertiary/aromatic N) is 3. The molecule has 0 fully saturated rings. The van der Waals surface area contributed by atoms with Gasteiger partial charge in [-0.2, -0.15) is 9.40 Å². The number of rotatable bonds is 6. The second-order valence-corrected chi connectivity index (χ2v) is 6.03. The maximum absolute atomic E-state index is 12.1. The summed E-state index contributed by atoms with van der Waals surface area (Å²) < 4.78 is 26.3. The first-order chi connectivity index (χ1) is 8.23. The molecule has 0 bridgehead atoms. The number of aliphatic carboxylic acids is 1. The lowest BCUT2D eigenvalue weighted by Crippen LogP contribution is -2.28. The summed E-state index contributed by atoms with van der Waals surface area (Å²) in [7, 11) is -2.22. The monoisotopic (exact) mass is 273 g/mol. The molecule has 0 aliphatic carbocycles. The van der Waals surface area contributed by atoms with Crippen LogP contribution >= 0.6 is 0 Å². The molecule has 18 heavy (non-hydrogen) atoms. The van der Waals surface area contributed by atoms with Crippen molar-refractivity contribution in [3.8, 4) is 0 Å². The molecular formula is C10H15N3O4S. The van der Waals surface area contributed by atoms with Crippen molar-refractivity contribution in [2.24, 2.45) is 0 Å². The standard InChI is InChI=1S/C10H15N3O4S/c1-8(2)5-12(3)18(16,17)9-4-11-13(6-9)7-10(14)15/h4,6H,1,5,7H2,2-3H3,(H,14,15). The van der Waals surface area contributed by atoms with Gasteiger partial charge >= 0.3 is 5.97 Å². The minimum atomic E-state index is -3.65. The molecule has 1 rings (SSSR count). The van der Waals surface area contributed by atoms with Gasteiger partial charge in [0.25, 0.3) is 0 Å². The Balaban J connectivity index is 2.95. The molecule has 7 nitrogen and oxygen atoms in total. The normalized spacial score (nSPS) is 11.7. The van der Waals surface area contributed by atoms with Gasteiger partial charge in [0.05, 0.1) is 6.20 Å². The van der Waals surface area contributed by atoms with Gasteiger partial charge in [-0.15, -0.1) is 0 Å². The van der Waals surface area contributed by atoms with Gasteiger partial charge in [0.2, 0.25) is 10.0 Å². The Morgan fingerprint density at radius 1 is 1.61 bits per heavy atom. The molecule has 0 saturated heterocycles. The van der Waals surface area contributed by atoms with Crippen LogP contribution in [0, 0.1) is 0 Å². The summed E-state index contributed by atoms with van der Waals surface area (Å²) in [5.74, 6) is -1.09. The van der Waals surface area contributed by atoms with E-state index in [1.807, 2.05) is 0 Å². The molecule has 1 aromatic heterocycles. The number of carboxylic acids is 1. The predicted molar refractivity (Wildman–Crippen MR) is 64.5 cm³/mol. The molecule has 1 aromatic rings. The second kappa shape index (κ2) is 5.32. The van der Waals surface area contributed by atoms with Gasteiger partial charge in [0.1, 0.15) is 11.4 Å². The van der Waals surface area contributed by atoms with Gasteiger partial charge in [0.15, 0.2) is 0 Å². The zero-order valence-corrected chi connectivity index (χ0v) is 11.0. The number of hydrogen-bond acceptors (Lipinski definition) is 4. The van der Waals surface area contributed by atoms with Crippen molar-refractivity contribution in [1.82, 2.24) is 14.1 Å². The van der Waals surface area contributed by atoms with Crippen LogP contribution in [0.2, 0.25) is 0 Å². The highest BCUT2D eigenvalue weighted by Gasteiger charge is 2.22. The third kappa shape index (κ3) is 3.41. The molecular weight excluding hydrogens is 258 g/mol. The minimum Gasteiger partial charge on any atom is -0.480 e. The summed E-state index contributed by atoms with van der Waals surface area (Å²) in [6.45, 7) is 5.19. The van der Waals surface area contributed by atoms with Gasteiger partial charge in [-0.3, -0.25) is 9.48 Å². The largest absolute Gasteiger partial charge is 0.480 e. The van der Waals surface area contributed by atoms with Crippen molar-refractivity contribution in [1.29, 1.82) is 0 Å². The van der Waals surface area contributed by atoms with E-state index in [1.54, 1.807) is 6.92 Å². The number of carboxylic acid groups (broad SMARTS) is 1. The average molecular weight is 273 g/mol. The lowest BCUT2D eigenvalue weighted by molar-refractivity contribution is -0.137. The summed E-state index contributed by atoms with van der Waals surface area (Å²) in [6.07, 6.45) is 2.32. The van der Waals surface area contributed by atoms with E-state index in [4.69, 9.17) is 5.11 Å². The SMILES string of the molecule is C=C(C)CN(C)S(=O)(=O)c1cnn(CC(=O)O)c1. The topological polar surface area (TPSA) is 92.5 Å². The molecule has 0 saturated carbocycles. The second-order valence-electron chi connectivity index (χ2n) is 3.99. The Morgan fingerprint density at radius 2 is 2.22 bits per heavy atom. The van der Waals surface area contributed by atoms with Crippen molar-refractivity contribution in [2.75, 3.05) is 13.6 Å². The smallest absolute Gasteiger partial charge is 0.325 e. The highest BCUT2D eigenvalue weighted by molar-refractivity contribution is 7.89. The zero-order valence-electron chi connectivity index (χ0n) is 10.2. The summed E-state index contributed by atoms with van der Waals surface area (Å²) in [4.78, 5) is 10.4. The minimum absolute atomic E-state index is 0.0347. The summed E-state index contributed by atoms with van der Waals surface area (Å²) >= 11 is 0. The number of likely N-dealkylation sites (N-methyl/N-ethyl adjacent to an activating group) is 1. The Labute approximate surface area is 105 Å². The van der Waals surface area contributed by atoms with Crippen molar-refractivity contribution >= 4 is 16.0 Å². The molecule has 1 heterocycles.